The third-order valence-corrected chi connectivity index (χ3v) is 5.56. The number of piperazine rings is 1. The fourth-order valence-corrected chi connectivity index (χ4v) is 3.87. The quantitative estimate of drug-likeness (QED) is 0.763. The summed E-state index contributed by atoms with van der Waals surface area (Å²) in [7, 11) is 0. The maximum atomic E-state index is 12.4. The van der Waals surface area contributed by atoms with Crippen LogP contribution in [-0.4, -0.2) is 57.1 Å². The first-order valence-corrected chi connectivity index (χ1v) is 9.47. The Balaban J connectivity index is 1.28. The van der Waals surface area contributed by atoms with Crippen molar-refractivity contribution in [3.63, 3.8) is 0 Å². The monoisotopic (exact) mass is 355 g/mol. The van der Waals surface area contributed by atoms with Crippen LogP contribution in [0.5, 0.6) is 0 Å². The van der Waals surface area contributed by atoms with Crippen molar-refractivity contribution in [1.82, 2.24) is 25.0 Å². The Morgan fingerprint density at radius 2 is 2.04 bits per heavy atom. The Bertz CT molecular complexity index is 836. The number of rotatable bonds is 5. The molecule has 0 atom stereocenters. The lowest BCUT2D eigenvalue weighted by Gasteiger charge is -2.34. The highest BCUT2D eigenvalue weighted by molar-refractivity contribution is 7.09. The van der Waals surface area contributed by atoms with Gasteiger partial charge in [0, 0.05) is 55.6 Å². The number of thiazole rings is 1. The van der Waals surface area contributed by atoms with Crippen molar-refractivity contribution < 1.29 is 4.79 Å². The van der Waals surface area contributed by atoms with Crippen molar-refractivity contribution in [1.29, 1.82) is 0 Å². The highest BCUT2D eigenvalue weighted by Crippen LogP contribution is 2.18. The zero-order valence-electron chi connectivity index (χ0n) is 14.0. The molecule has 6 nitrogen and oxygen atoms in total. The smallest absolute Gasteiger partial charge is 0.223 e. The number of carbonyl (C=O) groups excluding carboxylic acids is 1. The molecule has 25 heavy (non-hydrogen) atoms. The number of carbonyl (C=O) groups is 1. The molecule has 130 valence electrons. The molecule has 0 aliphatic carbocycles. The Morgan fingerprint density at radius 3 is 2.84 bits per heavy atom. The van der Waals surface area contributed by atoms with E-state index in [1.807, 2.05) is 34.8 Å². The summed E-state index contributed by atoms with van der Waals surface area (Å²) >= 11 is 1.62. The van der Waals surface area contributed by atoms with Crippen molar-refractivity contribution in [2.75, 3.05) is 26.2 Å². The summed E-state index contributed by atoms with van der Waals surface area (Å²) in [5.74, 6) is 0.250. The number of aryl methyl sites for hydroxylation is 1. The van der Waals surface area contributed by atoms with Crippen LogP contribution in [0.3, 0.4) is 0 Å². The van der Waals surface area contributed by atoms with E-state index in [-0.39, 0.29) is 5.91 Å². The van der Waals surface area contributed by atoms with Gasteiger partial charge >= 0.3 is 0 Å². The predicted octanol–water partition coefficient (Wildman–Crippen LogP) is 2.30. The SMILES string of the molecule is O=C(CCc1cncs1)N1CCN(Cc2[nH]nc3ccccc23)CC1. The first kappa shape index (κ1) is 16.2. The van der Waals surface area contributed by atoms with Crippen molar-refractivity contribution in [2.45, 2.75) is 19.4 Å². The normalized spacial score (nSPS) is 15.8. The number of benzene rings is 1. The number of H-pyrrole nitrogens is 1. The molecule has 4 rings (SSSR count). The molecule has 2 aromatic heterocycles. The molecule has 1 fully saturated rings. The number of aromatic amines is 1. The Kier molecular flexibility index (Phi) is 4.76. The zero-order valence-corrected chi connectivity index (χ0v) is 14.8. The average molecular weight is 355 g/mol. The molecule has 1 aliphatic heterocycles. The van der Waals surface area contributed by atoms with Crippen LogP contribution in [0.2, 0.25) is 0 Å². The van der Waals surface area contributed by atoms with Gasteiger partial charge in [-0.3, -0.25) is 19.8 Å². The molecule has 1 amide bonds. The molecule has 1 saturated heterocycles. The fraction of sp³-hybridized carbons (Fsp3) is 0.389. The van der Waals surface area contributed by atoms with Gasteiger partial charge in [0.25, 0.3) is 0 Å². The Labute approximate surface area is 150 Å². The van der Waals surface area contributed by atoms with E-state index in [9.17, 15) is 4.79 Å². The van der Waals surface area contributed by atoms with Crippen LogP contribution in [0.1, 0.15) is 17.0 Å². The molecule has 0 saturated carbocycles. The van der Waals surface area contributed by atoms with E-state index in [1.165, 1.54) is 10.3 Å². The molecule has 1 N–H and O–H groups in total. The standard InChI is InChI=1S/C18H21N5OS/c24-18(6-5-14-11-19-13-25-14)23-9-7-22(8-10-23)12-17-15-3-1-2-4-16(15)20-21-17/h1-4,11,13H,5-10,12H2,(H,20,21). The van der Waals surface area contributed by atoms with Crippen molar-refractivity contribution in [2.24, 2.45) is 0 Å². The largest absolute Gasteiger partial charge is 0.340 e. The predicted molar refractivity (Wildman–Crippen MR) is 98.4 cm³/mol. The summed E-state index contributed by atoms with van der Waals surface area (Å²) in [6.45, 7) is 4.25. The molecular formula is C18H21N5OS. The fourth-order valence-electron chi connectivity index (χ4n) is 3.27. The minimum atomic E-state index is 0.250. The van der Waals surface area contributed by atoms with Gasteiger partial charge < -0.3 is 4.90 Å². The van der Waals surface area contributed by atoms with E-state index in [1.54, 1.807) is 11.3 Å². The van der Waals surface area contributed by atoms with Crippen LogP contribution in [0.25, 0.3) is 10.9 Å². The van der Waals surface area contributed by atoms with Crippen LogP contribution in [-0.2, 0) is 17.8 Å². The Morgan fingerprint density at radius 1 is 1.20 bits per heavy atom. The van der Waals surface area contributed by atoms with Gasteiger partial charge in [-0.2, -0.15) is 5.10 Å². The van der Waals surface area contributed by atoms with E-state index >= 15 is 0 Å². The second kappa shape index (κ2) is 7.33. The third kappa shape index (κ3) is 3.72. The highest BCUT2D eigenvalue weighted by Gasteiger charge is 2.21. The lowest BCUT2D eigenvalue weighted by atomic mass is 10.2. The lowest BCUT2D eigenvalue weighted by molar-refractivity contribution is -0.132. The molecule has 0 radical (unpaired) electrons. The molecule has 1 aromatic carbocycles. The minimum Gasteiger partial charge on any atom is -0.340 e. The summed E-state index contributed by atoms with van der Waals surface area (Å²) < 4.78 is 0. The van der Waals surface area contributed by atoms with E-state index in [4.69, 9.17) is 0 Å². The third-order valence-electron chi connectivity index (χ3n) is 4.72. The molecular weight excluding hydrogens is 334 g/mol. The van der Waals surface area contributed by atoms with Crippen molar-refractivity contribution in [3.05, 3.63) is 46.5 Å². The zero-order chi connectivity index (χ0) is 17.1. The van der Waals surface area contributed by atoms with E-state index < -0.39 is 0 Å². The van der Waals surface area contributed by atoms with Crippen molar-refractivity contribution >= 4 is 28.1 Å². The summed E-state index contributed by atoms with van der Waals surface area (Å²) in [6, 6.07) is 8.17. The summed E-state index contributed by atoms with van der Waals surface area (Å²) in [5.41, 5.74) is 3.98. The van der Waals surface area contributed by atoms with Gasteiger partial charge in [0.15, 0.2) is 0 Å². The number of nitrogens with one attached hydrogen (secondary N) is 1. The van der Waals surface area contributed by atoms with Crippen LogP contribution in [0, 0.1) is 0 Å². The van der Waals surface area contributed by atoms with Crippen LogP contribution in [0.15, 0.2) is 36.0 Å². The van der Waals surface area contributed by atoms with Gasteiger partial charge in [0.05, 0.1) is 16.7 Å². The molecule has 3 aromatic rings. The minimum absolute atomic E-state index is 0.250. The summed E-state index contributed by atoms with van der Waals surface area (Å²) in [6.07, 6.45) is 3.22. The van der Waals surface area contributed by atoms with Crippen LogP contribution < -0.4 is 0 Å². The first-order chi connectivity index (χ1) is 12.3. The number of aromatic nitrogens is 3. The van der Waals surface area contributed by atoms with E-state index in [0.717, 1.165) is 50.4 Å². The molecule has 0 spiro atoms. The van der Waals surface area contributed by atoms with E-state index in [0.29, 0.717) is 6.42 Å². The number of amides is 1. The van der Waals surface area contributed by atoms with Gasteiger partial charge in [0.1, 0.15) is 0 Å². The maximum absolute atomic E-state index is 12.4. The van der Waals surface area contributed by atoms with Gasteiger partial charge in [-0.05, 0) is 12.5 Å². The molecule has 7 heteroatoms. The van der Waals surface area contributed by atoms with Gasteiger partial charge in [-0.25, -0.2) is 0 Å². The summed E-state index contributed by atoms with van der Waals surface area (Å²) in [5, 5.41) is 8.70. The van der Waals surface area contributed by atoms with Crippen molar-refractivity contribution in [3.8, 4) is 0 Å². The van der Waals surface area contributed by atoms with Gasteiger partial charge in [0.2, 0.25) is 5.91 Å². The second-order valence-corrected chi connectivity index (χ2v) is 7.31. The van der Waals surface area contributed by atoms with Gasteiger partial charge in [-0.15, -0.1) is 11.3 Å². The Hall–Kier alpha value is -2.25. The number of fused-ring (bicyclic) bond motifs is 1. The number of nitrogens with zero attached hydrogens (tertiary/aromatic N) is 4. The maximum Gasteiger partial charge on any atom is 0.223 e. The summed E-state index contributed by atoms with van der Waals surface area (Å²) in [4.78, 5) is 22.0. The molecule has 0 bridgehead atoms. The van der Waals surface area contributed by atoms with Gasteiger partial charge in [-0.1, -0.05) is 18.2 Å². The lowest BCUT2D eigenvalue weighted by Crippen LogP contribution is -2.48. The second-order valence-electron chi connectivity index (χ2n) is 6.34. The highest BCUT2D eigenvalue weighted by atomic mass is 32.1. The number of hydrogen-bond donors (Lipinski definition) is 1. The molecule has 0 unspecified atom stereocenters. The average Bonchev–Trinajstić information content (AvgIpc) is 3.31. The van der Waals surface area contributed by atoms with Crippen LogP contribution >= 0.6 is 11.3 Å². The number of hydrogen-bond acceptors (Lipinski definition) is 5. The molecule has 1 aliphatic rings. The van der Waals surface area contributed by atoms with E-state index in [2.05, 4.69) is 26.1 Å². The molecule has 3 heterocycles. The topological polar surface area (TPSA) is 65.1 Å². The van der Waals surface area contributed by atoms with Crippen LogP contribution in [0.4, 0.5) is 0 Å². The first-order valence-electron chi connectivity index (χ1n) is 8.59. The number of para-hydroxylation sites is 1.